The molecule has 4 nitrogen and oxygen atoms in total. The normalized spacial score (nSPS) is 29.1. The van der Waals surface area contributed by atoms with E-state index >= 15 is 0 Å². The van der Waals surface area contributed by atoms with Gasteiger partial charge in [-0.2, -0.15) is 0 Å². The average Bonchev–Trinajstić information content (AvgIpc) is 2.42. The van der Waals surface area contributed by atoms with Crippen LogP contribution in [0.15, 0.2) is 0 Å². The summed E-state index contributed by atoms with van der Waals surface area (Å²) in [5.41, 5.74) is 0.248. The Labute approximate surface area is 133 Å². The second-order valence-corrected chi connectivity index (χ2v) is 9.33. The van der Waals surface area contributed by atoms with Crippen molar-refractivity contribution in [2.45, 2.75) is 53.3 Å². The maximum absolute atomic E-state index is 11.4. The molecule has 1 rings (SSSR count). The molecule has 1 aliphatic heterocycles. The molecule has 5 heteroatoms. The van der Waals surface area contributed by atoms with Crippen molar-refractivity contribution in [1.29, 1.82) is 0 Å². The van der Waals surface area contributed by atoms with Crippen molar-refractivity contribution in [1.82, 2.24) is 10.2 Å². The summed E-state index contributed by atoms with van der Waals surface area (Å²) < 4.78 is 1.15. The van der Waals surface area contributed by atoms with Crippen molar-refractivity contribution in [3.8, 4) is 0 Å². The fourth-order valence-electron chi connectivity index (χ4n) is 2.81. The third-order valence-electron chi connectivity index (χ3n) is 4.63. The van der Waals surface area contributed by atoms with Crippen LogP contribution in [0.2, 0.25) is 0 Å². The number of halogens is 1. The number of hydrogen-bond acceptors (Lipinski definition) is 3. The number of amides is 1. The van der Waals surface area contributed by atoms with Crippen LogP contribution >= 0.6 is 0 Å². The van der Waals surface area contributed by atoms with Crippen LogP contribution in [0.5, 0.6) is 0 Å². The maximum atomic E-state index is 11.4. The molecule has 0 aromatic carbocycles. The molecule has 0 radical (unpaired) electrons. The predicted octanol–water partition coefficient (Wildman–Crippen LogP) is -0.874. The average molecular weight is 397 g/mol. The first-order valence-corrected chi connectivity index (χ1v) is 10.1. The molecule has 1 fully saturated rings. The van der Waals surface area contributed by atoms with Crippen molar-refractivity contribution in [2.75, 3.05) is 18.0 Å². The molecule has 1 aliphatic rings. The van der Waals surface area contributed by atoms with Gasteiger partial charge >= 0.3 is 134 Å². The molecule has 0 saturated carbocycles. The third kappa shape index (κ3) is 4.31. The van der Waals surface area contributed by atoms with Gasteiger partial charge in [-0.05, 0) is 0 Å². The van der Waals surface area contributed by atoms with Gasteiger partial charge in [-0.15, -0.1) is 0 Å². The number of likely N-dealkylation sites (tertiary alicyclic amines) is 1. The summed E-state index contributed by atoms with van der Waals surface area (Å²) in [5, 5.41) is 13.1. The summed E-state index contributed by atoms with van der Waals surface area (Å²) in [6.45, 7) is 12.0. The zero-order chi connectivity index (χ0) is 15.5. The van der Waals surface area contributed by atoms with Crippen molar-refractivity contribution in [3.63, 3.8) is 0 Å². The Morgan fingerprint density at radius 3 is 2.55 bits per heavy atom. The Morgan fingerprint density at radius 1 is 1.50 bits per heavy atom. The van der Waals surface area contributed by atoms with E-state index in [-0.39, 0.29) is 15.6 Å². The number of nitrogens with zero attached hydrogens (tertiary/aromatic N) is 1. The molecule has 1 saturated heterocycles. The van der Waals surface area contributed by atoms with E-state index in [0.717, 1.165) is 17.4 Å². The number of nitrogens with one attached hydrogen (secondary N) is 1. The molecule has 0 aromatic rings. The molecule has 20 heavy (non-hydrogen) atoms. The molecule has 0 aliphatic carbocycles. The number of hydrogen-bond donors (Lipinski definition) is 2. The number of carbonyl (C=O) groups excluding carboxylic acids is 1. The number of alkyl halides is 1. The van der Waals surface area contributed by atoms with Crippen LogP contribution in [0, 0.1) is 17.3 Å². The van der Waals surface area contributed by atoms with Crippen LogP contribution in [0.3, 0.4) is 0 Å². The van der Waals surface area contributed by atoms with Gasteiger partial charge in [0, 0.05) is 0 Å². The van der Waals surface area contributed by atoms with Gasteiger partial charge in [-0.25, -0.2) is 0 Å². The first-order chi connectivity index (χ1) is 9.23. The minimum absolute atomic E-state index is 0.195. The van der Waals surface area contributed by atoms with Gasteiger partial charge in [-0.1, -0.05) is 0 Å². The summed E-state index contributed by atoms with van der Waals surface area (Å²) in [5.74, 6) is 0.734. The van der Waals surface area contributed by atoms with E-state index in [1.165, 1.54) is 0 Å². The minimum atomic E-state index is -0.448. The van der Waals surface area contributed by atoms with Crippen LogP contribution in [0.25, 0.3) is 0 Å². The molecule has 0 unspecified atom stereocenters. The second kappa shape index (κ2) is 7.40. The number of aliphatic hydroxyl groups is 1. The molecular weight excluding hydrogens is 367 g/mol. The first kappa shape index (κ1) is 18.2. The Kier molecular flexibility index (Phi) is 6.73. The van der Waals surface area contributed by atoms with E-state index in [1.807, 2.05) is 0 Å². The van der Waals surface area contributed by atoms with Gasteiger partial charge in [0.15, 0.2) is 0 Å². The summed E-state index contributed by atoms with van der Waals surface area (Å²) >= 11 is -0.448. The quantitative estimate of drug-likeness (QED) is 0.254. The Morgan fingerprint density at radius 2 is 2.10 bits per heavy atom. The molecule has 4 atom stereocenters. The van der Waals surface area contributed by atoms with E-state index in [4.69, 9.17) is 0 Å². The summed E-state index contributed by atoms with van der Waals surface area (Å²) in [4.78, 5) is 13.6. The van der Waals surface area contributed by atoms with Gasteiger partial charge in [0.25, 0.3) is 0 Å². The standard InChI is InChI=1S/C15H30IN2O2/c1-7-15(4,5)9-18-11(3)12(13(18)19)10(2)8-16-14(20)17-6/h10-13,19H,7-9H2,1-6H3,(H,17,20)/q-1/t10-,11-,12+,13+/m1/s1. The van der Waals surface area contributed by atoms with E-state index in [0.29, 0.717) is 17.9 Å². The summed E-state index contributed by atoms with van der Waals surface area (Å²) in [7, 11) is 1.70. The molecule has 1 heterocycles. The van der Waals surface area contributed by atoms with E-state index in [2.05, 4.69) is 44.8 Å². The van der Waals surface area contributed by atoms with E-state index in [1.54, 1.807) is 7.05 Å². The van der Waals surface area contributed by atoms with E-state index in [9.17, 15) is 9.90 Å². The van der Waals surface area contributed by atoms with Crippen LogP contribution in [0.4, 0.5) is 4.79 Å². The van der Waals surface area contributed by atoms with Crippen LogP contribution in [-0.2, 0) is 0 Å². The monoisotopic (exact) mass is 397 g/mol. The predicted molar refractivity (Wildman–Crippen MR) is 78.2 cm³/mol. The third-order valence-corrected chi connectivity index (χ3v) is 7.69. The Hall–Kier alpha value is 0.120. The SMILES string of the molecule is CCC(C)(C)CN1[C@H](C)[C@H]([C@H](C)C[I-]C(=O)NC)[C@@H]1O. The fraction of sp³-hybridized carbons (Fsp3) is 0.933. The van der Waals surface area contributed by atoms with Crippen molar-refractivity contribution in [3.05, 3.63) is 0 Å². The van der Waals surface area contributed by atoms with Gasteiger partial charge in [0.1, 0.15) is 0 Å². The van der Waals surface area contributed by atoms with Crippen molar-refractivity contribution >= 4 is 3.91 Å². The van der Waals surface area contributed by atoms with Gasteiger partial charge < -0.3 is 0 Å². The van der Waals surface area contributed by atoms with Gasteiger partial charge in [0.05, 0.1) is 0 Å². The molecule has 0 spiro atoms. The Bertz CT molecular complexity index is 326. The summed E-state index contributed by atoms with van der Waals surface area (Å²) in [6, 6.07) is 0.416. The zero-order valence-corrected chi connectivity index (χ0v) is 15.8. The summed E-state index contributed by atoms with van der Waals surface area (Å²) in [6.07, 6.45) is 0.783. The number of rotatable bonds is 7. The molecule has 120 valence electrons. The zero-order valence-electron chi connectivity index (χ0n) is 13.6. The molecule has 0 bridgehead atoms. The molecule has 1 amide bonds. The molecular formula is C15H30IN2O2-. The first-order valence-electron chi connectivity index (χ1n) is 7.48. The van der Waals surface area contributed by atoms with Gasteiger partial charge in [-0.3, -0.25) is 0 Å². The van der Waals surface area contributed by atoms with Gasteiger partial charge in [0.2, 0.25) is 0 Å². The molecule has 0 aromatic heterocycles. The molecule has 2 N–H and O–H groups in total. The van der Waals surface area contributed by atoms with Crippen LogP contribution in [-0.4, -0.2) is 44.2 Å². The fourth-order valence-corrected chi connectivity index (χ4v) is 4.87. The topological polar surface area (TPSA) is 52.6 Å². The van der Waals surface area contributed by atoms with E-state index < -0.39 is 21.2 Å². The second-order valence-electron chi connectivity index (χ2n) is 6.71. The Balaban J connectivity index is 2.49. The van der Waals surface area contributed by atoms with Crippen molar-refractivity contribution in [2.24, 2.45) is 17.3 Å². The van der Waals surface area contributed by atoms with Crippen LogP contribution < -0.4 is 26.5 Å². The van der Waals surface area contributed by atoms with Crippen LogP contribution in [0.1, 0.15) is 41.0 Å². The number of aliphatic hydroxyl groups excluding tert-OH is 1. The van der Waals surface area contributed by atoms with Crippen molar-refractivity contribution < 1.29 is 31.1 Å². The number of carbonyl (C=O) groups is 1.